The van der Waals surface area contributed by atoms with Crippen molar-refractivity contribution < 1.29 is 80.2 Å². The van der Waals surface area contributed by atoms with Crippen LogP contribution in [0.2, 0.25) is 0 Å². The van der Waals surface area contributed by atoms with Crippen LogP contribution in [0.25, 0.3) is 0 Å². The smallest absolute Gasteiger partial charge is 0.462 e. The maximum absolute atomic E-state index is 13.1. The molecule has 0 aliphatic rings. The summed E-state index contributed by atoms with van der Waals surface area (Å²) >= 11 is 0. The van der Waals surface area contributed by atoms with Crippen LogP contribution < -0.4 is 0 Å². The molecule has 558 valence electrons. The van der Waals surface area contributed by atoms with Gasteiger partial charge in [-0.15, -0.1) is 0 Å². The fourth-order valence-electron chi connectivity index (χ4n) is 10.2. The molecule has 0 radical (unpaired) electrons. The van der Waals surface area contributed by atoms with Crippen LogP contribution >= 0.6 is 15.6 Å². The summed E-state index contributed by atoms with van der Waals surface area (Å²) in [4.78, 5) is 72.8. The number of unbranched alkanes of at least 4 members (excludes halogenated alkanes) is 34. The van der Waals surface area contributed by atoms with Crippen LogP contribution in [-0.4, -0.2) is 96.7 Å². The number of carbonyl (C=O) groups is 4. The van der Waals surface area contributed by atoms with Gasteiger partial charge in [0.2, 0.25) is 0 Å². The fraction of sp³-hybridized carbons (Fsp3) is 0.792. The Balaban J connectivity index is 5.35. The lowest BCUT2D eigenvalue weighted by atomic mass is 10.1. The van der Waals surface area contributed by atoms with E-state index in [1.807, 2.05) is 0 Å². The molecular formula is C77H138O17P2. The fourth-order valence-corrected chi connectivity index (χ4v) is 11.8. The lowest BCUT2D eigenvalue weighted by Crippen LogP contribution is -2.30. The average molecular weight is 1400 g/mol. The molecule has 0 aliphatic carbocycles. The lowest BCUT2D eigenvalue weighted by Gasteiger charge is -2.21. The molecule has 0 rings (SSSR count). The first kappa shape index (κ1) is 92.5. The first-order valence-electron chi connectivity index (χ1n) is 38.2. The molecule has 0 saturated heterocycles. The molecule has 96 heavy (non-hydrogen) atoms. The third-order valence-corrected chi connectivity index (χ3v) is 18.0. The number of hydrogen-bond acceptors (Lipinski definition) is 15. The minimum absolute atomic E-state index is 0.0839. The molecule has 0 saturated carbocycles. The molecule has 4 atom stereocenters. The third kappa shape index (κ3) is 69.0. The Labute approximate surface area is 583 Å². The highest BCUT2D eigenvalue weighted by molar-refractivity contribution is 7.47. The summed E-state index contributed by atoms with van der Waals surface area (Å²) in [7, 11) is -9.95. The summed E-state index contributed by atoms with van der Waals surface area (Å²) in [5.74, 6) is -2.20. The molecule has 0 bridgehead atoms. The number of allylic oxidation sites excluding steroid dienone is 12. The Morgan fingerprint density at radius 2 is 0.510 bits per heavy atom. The normalized spacial score (nSPS) is 14.4. The number of esters is 4. The molecule has 0 fully saturated rings. The topological polar surface area (TPSA) is 237 Å². The minimum atomic E-state index is -4.97. The molecule has 19 heteroatoms. The van der Waals surface area contributed by atoms with Crippen LogP contribution in [0.15, 0.2) is 72.9 Å². The first-order chi connectivity index (χ1) is 46.7. The van der Waals surface area contributed by atoms with Gasteiger partial charge in [0.05, 0.1) is 26.4 Å². The highest BCUT2D eigenvalue weighted by Gasteiger charge is 2.30. The molecule has 0 aromatic heterocycles. The number of ether oxygens (including phenoxy) is 4. The van der Waals surface area contributed by atoms with E-state index in [1.165, 1.54) is 89.9 Å². The van der Waals surface area contributed by atoms with Gasteiger partial charge in [0.1, 0.15) is 19.3 Å². The lowest BCUT2D eigenvalue weighted by molar-refractivity contribution is -0.161. The van der Waals surface area contributed by atoms with Gasteiger partial charge < -0.3 is 33.8 Å². The summed E-state index contributed by atoms with van der Waals surface area (Å²) in [5, 5.41) is 10.6. The molecule has 0 aromatic carbocycles. The van der Waals surface area contributed by atoms with Crippen molar-refractivity contribution in [3.05, 3.63) is 72.9 Å². The number of phosphoric acid groups is 2. The van der Waals surface area contributed by atoms with Crippen LogP contribution in [0, 0.1) is 0 Å². The van der Waals surface area contributed by atoms with Gasteiger partial charge in [0.15, 0.2) is 12.2 Å². The van der Waals surface area contributed by atoms with E-state index in [0.29, 0.717) is 25.7 Å². The van der Waals surface area contributed by atoms with Gasteiger partial charge in [-0.2, -0.15) is 0 Å². The van der Waals surface area contributed by atoms with Crippen LogP contribution in [0.1, 0.15) is 336 Å². The molecule has 0 aromatic rings. The Morgan fingerprint density at radius 1 is 0.292 bits per heavy atom. The average Bonchev–Trinajstić information content (AvgIpc) is 1.14. The third-order valence-electron chi connectivity index (χ3n) is 16.1. The molecule has 0 amide bonds. The van der Waals surface area contributed by atoms with E-state index in [9.17, 15) is 43.2 Å². The summed E-state index contributed by atoms with van der Waals surface area (Å²) in [6.07, 6.45) is 68.9. The van der Waals surface area contributed by atoms with Crippen molar-refractivity contribution >= 4 is 39.5 Å². The second-order valence-corrected chi connectivity index (χ2v) is 28.5. The summed E-state index contributed by atoms with van der Waals surface area (Å²) in [5.41, 5.74) is 0. The summed E-state index contributed by atoms with van der Waals surface area (Å²) in [6.45, 7) is 4.77. The molecule has 3 N–H and O–H groups in total. The van der Waals surface area contributed by atoms with Gasteiger partial charge in [-0.05, 0) is 141 Å². The predicted molar refractivity (Wildman–Crippen MR) is 390 cm³/mol. The van der Waals surface area contributed by atoms with Gasteiger partial charge in [-0.1, -0.05) is 242 Å². The van der Waals surface area contributed by atoms with Crippen LogP contribution in [0.4, 0.5) is 0 Å². The second-order valence-electron chi connectivity index (χ2n) is 25.6. The van der Waals surface area contributed by atoms with E-state index in [4.69, 9.17) is 37.0 Å². The zero-order valence-corrected chi connectivity index (χ0v) is 62.6. The van der Waals surface area contributed by atoms with Gasteiger partial charge >= 0.3 is 39.5 Å². The van der Waals surface area contributed by atoms with Crippen LogP contribution in [-0.2, 0) is 65.4 Å². The number of rotatable bonds is 72. The number of aliphatic hydroxyl groups excluding tert-OH is 1. The SMILES string of the molecule is CCCCC/C=C\C/C=C\CCCCCCCC(=O)OC[C@H](COP(=O)(O)OCC(O)COP(=O)(O)OC[C@@H](COC(=O)CCCCCCC/C=C\C/C=C\CCCCC)OC(=O)CCCCCCC/C=C\CCCCCC)OC(=O)CCCCCCC/C=C\CCCCCC. The van der Waals surface area contributed by atoms with E-state index in [1.54, 1.807) is 0 Å². The number of carbonyl (C=O) groups excluding carboxylic acids is 4. The van der Waals surface area contributed by atoms with Gasteiger partial charge in [-0.3, -0.25) is 37.3 Å². The van der Waals surface area contributed by atoms with Gasteiger partial charge in [0, 0.05) is 25.7 Å². The highest BCUT2D eigenvalue weighted by Crippen LogP contribution is 2.45. The van der Waals surface area contributed by atoms with Crippen molar-refractivity contribution in [2.45, 2.75) is 354 Å². The van der Waals surface area contributed by atoms with E-state index in [-0.39, 0.29) is 25.7 Å². The predicted octanol–water partition coefficient (Wildman–Crippen LogP) is 21.7. The van der Waals surface area contributed by atoms with Crippen LogP contribution in [0.3, 0.4) is 0 Å². The zero-order chi connectivity index (χ0) is 70.4. The summed E-state index contributed by atoms with van der Waals surface area (Å²) < 4.78 is 68.4. The Kier molecular flexibility index (Phi) is 67.4. The Bertz CT molecular complexity index is 1960. The number of hydrogen-bond donors (Lipinski definition) is 3. The second kappa shape index (κ2) is 70.0. The minimum Gasteiger partial charge on any atom is -0.462 e. The summed E-state index contributed by atoms with van der Waals surface area (Å²) in [6, 6.07) is 0. The van der Waals surface area contributed by atoms with Gasteiger partial charge in [0.25, 0.3) is 0 Å². The Morgan fingerprint density at radius 3 is 0.802 bits per heavy atom. The van der Waals surface area contributed by atoms with Crippen molar-refractivity contribution in [2.75, 3.05) is 39.6 Å². The number of aliphatic hydroxyl groups is 1. The van der Waals surface area contributed by atoms with Crippen molar-refractivity contribution in [2.24, 2.45) is 0 Å². The van der Waals surface area contributed by atoms with E-state index >= 15 is 0 Å². The first-order valence-corrected chi connectivity index (χ1v) is 41.2. The largest absolute Gasteiger partial charge is 0.472 e. The van der Waals surface area contributed by atoms with E-state index in [2.05, 4.69) is 101 Å². The monoisotopic (exact) mass is 1400 g/mol. The van der Waals surface area contributed by atoms with E-state index < -0.39 is 97.5 Å². The molecule has 17 nitrogen and oxygen atoms in total. The van der Waals surface area contributed by atoms with Crippen molar-refractivity contribution in [1.82, 2.24) is 0 Å². The van der Waals surface area contributed by atoms with Crippen molar-refractivity contribution in [3.63, 3.8) is 0 Å². The van der Waals surface area contributed by atoms with E-state index in [0.717, 1.165) is 167 Å². The van der Waals surface area contributed by atoms with Crippen molar-refractivity contribution in [3.8, 4) is 0 Å². The standard InChI is InChI=1S/C77H138O17P2/c1-5-9-13-17-21-25-29-33-35-39-41-45-49-53-57-61-74(79)87-67-72(93-76(81)63-59-55-51-47-43-37-31-27-23-19-15-11-7-3)69-91-95(83,84)89-65-71(78)66-90-96(85,86)92-70-73(94-77(82)64-60-56-52-48-44-38-32-28-24-20-16-12-8-4)68-88-75(80)62-58-54-50-46-42-40-36-34-30-26-22-18-14-10-6-2/h21-22,25-28,31-36,71-73,78H,5-20,23-24,29-30,37-70H2,1-4H3,(H,83,84)(H,85,86)/b25-21-,26-22-,31-27-,32-28-,35-33-,36-34-/t72-,73-/m1/s1. The van der Waals surface area contributed by atoms with Crippen molar-refractivity contribution in [1.29, 1.82) is 0 Å². The van der Waals surface area contributed by atoms with Gasteiger partial charge in [-0.25, -0.2) is 9.13 Å². The highest BCUT2D eigenvalue weighted by atomic mass is 31.2. The maximum Gasteiger partial charge on any atom is 0.472 e. The molecule has 0 aliphatic heterocycles. The Hall–Kier alpha value is -3.50. The molecule has 0 spiro atoms. The van der Waals surface area contributed by atoms with Crippen LogP contribution in [0.5, 0.6) is 0 Å². The molecular weight excluding hydrogens is 1260 g/mol. The quantitative estimate of drug-likeness (QED) is 0.0169. The zero-order valence-electron chi connectivity index (χ0n) is 60.8. The molecule has 2 unspecified atom stereocenters. The molecule has 0 heterocycles. The maximum atomic E-state index is 13.1. The number of phosphoric ester groups is 2.